The first-order chi connectivity index (χ1) is 9.16. The number of halogens is 3. The van der Waals surface area contributed by atoms with Crippen molar-refractivity contribution in [1.29, 1.82) is 0 Å². The molecule has 0 aromatic rings. The van der Waals surface area contributed by atoms with Crippen molar-refractivity contribution < 1.29 is 22.7 Å². The van der Waals surface area contributed by atoms with E-state index in [1.165, 1.54) is 11.8 Å². The summed E-state index contributed by atoms with van der Waals surface area (Å²) in [7, 11) is 0. The lowest BCUT2D eigenvalue weighted by atomic mass is 10.2. The van der Waals surface area contributed by atoms with Crippen molar-refractivity contribution in [2.75, 3.05) is 12.4 Å². The number of alkyl halides is 3. The van der Waals surface area contributed by atoms with Crippen LogP contribution in [-0.4, -0.2) is 29.3 Å². The maximum Gasteiger partial charge on any atom is 0.389 e. The van der Waals surface area contributed by atoms with E-state index < -0.39 is 12.6 Å². The normalized spacial score (nSPS) is 12.5. The Morgan fingerprint density at radius 2 is 1.80 bits per heavy atom. The Balaban J connectivity index is 3.75. The largest absolute Gasteiger partial charge is 0.464 e. The molecule has 6 heteroatoms. The van der Waals surface area contributed by atoms with Gasteiger partial charge in [0.2, 0.25) is 0 Å². The van der Waals surface area contributed by atoms with Crippen molar-refractivity contribution in [3.63, 3.8) is 0 Å². The molecule has 0 unspecified atom stereocenters. The van der Waals surface area contributed by atoms with Gasteiger partial charge in [-0.05, 0) is 32.4 Å². The number of ether oxygens (including phenoxy) is 1. The van der Waals surface area contributed by atoms with Crippen LogP contribution in [0.15, 0.2) is 0 Å². The van der Waals surface area contributed by atoms with Gasteiger partial charge in [-0.1, -0.05) is 19.8 Å². The molecule has 0 rings (SSSR count). The first-order valence-electron chi connectivity index (χ1n) is 7.02. The van der Waals surface area contributed by atoms with E-state index in [9.17, 15) is 18.0 Å². The van der Waals surface area contributed by atoms with E-state index in [-0.39, 0.29) is 23.7 Å². The number of carbonyl (C=O) groups is 1. The minimum absolute atomic E-state index is 0.0992. The lowest BCUT2D eigenvalue weighted by Crippen LogP contribution is -2.25. The summed E-state index contributed by atoms with van der Waals surface area (Å²) in [5.41, 5.74) is 0. The van der Waals surface area contributed by atoms with Crippen molar-refractivity contribution in [1.82, 2.24) is 0 Å². The molecule has 0 atom stereocenters. The Hall–Kier alpha value is -0.390. The van der Waals surface area contributed by atoms with E-state index >= 15 is 0 Å². The van der Waals surface area contributed by atoms with E-state index in [0.29, 0.717) is 12.2 Å². The van der Waals surface area contributed by atoms with Crippen LogP contribution < -0.4 is 0 Å². The van der Waals surface area contributed by atoms with Crippen LogP contribution in [-0.2, 0) is 9.53 Å². The van der Waals surface area contributed by atoms with E-state index in [1.807, 2.05) is 13.8 Å². The molecule has 0 aliphatic rings. The van der Waals surface area contributed by atoms with Crippen LogP contribution in [0.4, 0.5) is 13.2 Å². The van der Waals surface area contributed by atoms with Gasteiger partial charge in [0, 0.05) is 17.6 Å². The molecule has 0 aromatic heterocycles. The van der Waals surface area contributed by atoms with E-state index in [1.54, 1.807) is 0 Å². The van der Waals surface area contributed by atoms with Gasteiger partial charge in [-0.2, -0.15) is 24.9 Å². The zero-order chi connectivity index (χ0) is 15.6. The number of esters is 1. The SMILES string of the molecule is CCCCCC(=O)OCC(C)(C)SCCCC(F)(F)F. The van der Waals surface area contributed by atoms with Crippen molar-refractivity contribution in [3.05, 3.63) is 0 Å². The molecule has 0 aromatic carbocycles. The second-order valence-corrected chi connectivity index (χ2v) is 7.25. The predicted octanol–water partition coefficient (Wildman–Crippen LogP) is 4.96. The smallest absolute Gasteiger partial charge is 0.389 e. The maximum atomic E-state index is 12.0. The molecule has 20 heavy (non-hydrogen) atoms. The first kappa shape index (κ1) is 19.6. The van der Waals surface area contributed by atoms with Gasteiger partial charge in [-0.3, -0.25) is 4.79 Å². The van der Waals surface area contributed by atoms with Crippen molar-refractivity contribution in [3.8, 4) is 0 Å². The molecule has 0 aliphatic heterocycles. The molecule has 0 radical (unpaired) electrons. The number of unbranched alkanes of at least 4 members (excludes halogenated alkanes) is 2. The quantitative estimate of drug-likeness (QED) is 0.421. The zero-order valence-electron chi connectivity index (χ0n) is 12.5. The lowest BCUT2D eigenvalue weighted by Gasteiger charge is -2.23. The average molecular weight is 314 g/mol. The van der Waals surface area contributed by atoms with Crippen LogP contribution >= 0.6 is 11.8 Å². The van der Waals surface area contributed by atoms with Gasteiger partial charge in [0.25, 0.3) is 0 Å². The van der Waals surface area contributed by atoms with Crippen LogP contribution in [0.3, 0.4) is 0 Å². The van der Waals surface area contributed by atoms with Crippen molar-refractivity contribution >= 4 is 17.7 Å². The molecule has 0 aliphatic carbocycles. The zero-order valence-corrected chi connectivity index (χ0v) is 13.3. The second-order valence-electron chi connectivity index (χ2n) is 5.44. The Morgan fingerprint density at radius 3 is 2.35 bits per heavy atom. The second kappa shape index (κ2) is 9.53. The molecular formula is C14H25F3O2S. The van der Waals surface area contributed by atoms with Crippen molar-refractivity contribution in [2.24, 2.45) is 0 Å². The number of hydrogen-bond donors (Lipinski definition) is 0. The third kappa shape index (κ3) is 12.6. The fourth-order valence-electron chi connectivity index (χ4n) is 1.51. The highest BCUT2D eigenvalue weighted by Crippen LogP contribution is 2.28. The standard InChI is InChI=1S/C14H25F3O2S/c1-4-5-6-8-12(18)19-11-13(2,3)20-10-7-9-14(15,16)17/h4-11H2,1-3H3. The van der Waals surface area contributed by atoms with Crippen LogP contribution in [0, 0.1) is 0 Å². The van der Waals surface area contributed by atoms with Gasteiger partial charge in [0.1, 0.15) is 6.61 Å². The minimum atomic E-state index is -4.09. The molecule has 0 spiro atoms. The molecule has 0 saturated carbocycles. The summed E-state index contributed by atoms with van der Waals surface area (Å²) < 4.78 is 40.8. The van der Waals surface area contributed by atoms with Crippen molar-refractivity contribution in [2.45, 2.75) is 70.2 Å². The summed E-state index contributed by atoms with van der Waals surface area (Å²) in [5.74, 6) is 0.197. The first-order valence-corrected chi connectivity index (χ1v) is 8.01. The summed E-state index contributed by atoms with van der Waals surface area (Å²) in [4.78, 5) is 11.4. The molecule has 0 amide bonds. The molecule has 0 bridgehead atoms. The monoisotopic (exact) mass is 314 g/mol. The number of thioether (sulfide) groups is 1. The Bertz CT molecular complexity index is 278. The summed E-state index contributed by atoms with van der Waals surface area (Å²) >= 11 is 1.41. The third-order valence-corrected chi connectivity index (χ3v) is 4.05. The Kier molecular flexibility index (Phi) is 9.34. The highest BCUT2D eigenvalue weighted by atomic mass is 32.2. The third-order valence-electron chi connectivity index (χ3n) is 2.66. The van der Waals surface area contributed by atoms with Crippen LogP contribution in [0.5, 0.6) is 0 Å². The Labute approximate surface area is 123 Å². The lowest BCUT2D eigenvalue weighted by molar-refractivity contribution is -0.144. The summed E-state index contributed by atoms with van der Waals surface area (Å²) in [6.07, 6.45) is -1.44. The molecule has 0 saturated heterocycles. The fourth-order valence-corrected chi connectivity index (χ4v) is 2.49. The Morgan fingerprint density at radius 1 is 1.15 bits per heavy atom. The van der Waals surface area contributed by atoms with Gasteiger partial charge in [-0.25, -0.2) is 0 Å². The molecule has 120 valence electrons. The number of carbonyl (C=O) groups excluding carboxylic acids is 1. The summed E-state index contributed by atoms with van der Waals surface area (Å²) in [6.45, 7) is 6.07. The molecule has 0 fully saturated rings. The molecule has 0 N–H and O–H groups in total. The fraction of sp³-hybridized carbons (Fsp3) is 0.929. The summed E-state index contributed by atoms with van der Waals surface area (Å²) in [6, 6.07) is 0. The summed E-state index contributed by atoms with van der Waals surface area (Å²) in [5, 5.41) is 0. The highest BCUT2D eigenvalue weighted by molar-refractivity contribution is 8.00. The van der Waals surface area contributed by atoms with Gasteiger partial charge in [0.15, 0.2) is 0 Å². The van der Waals surface area contributed by atoms with Gasteiger partial charge in [-0.15, -0.1) is 0 Å². The molecular weight excluding hydrogens is 289 g/mol. The molecule has 2 nitrogen and oxygen atoms in total. The highest BCUT2D eigenvalue weighted by Gasteiger charge is 2.27. The minimum Gasteiger partial charge on any atom is -0.464 e. The van der Waals surface area contributed by atoms with Gasteiger partial charge >= 0.3 is 12.1 Å². The van der Waals surface area contributed by atoms with Gasteiger partial charge < -0.3 is 4.74 Å². The predicted molar refractivity (Wildman–Crippen MR) is 76.9 cm³/mol. The van der Waals surface area contributed by atoms with Crippen LogP contribution in [0.25, 0.3) is 0 Å². The average Bonchev–Trinajstić information content (AvgIpc) is 2.32. The number of hydrogen-bond acceptors (Lipinski definition) is 3. The maximum absolute atomic E-state index is 12.0. The van der Waals surface area contributed by atoms with Crippen LogP contribution in [0.1, 0.15) is 59.3 Å². The van der Waals surface area contributed by atoms with Gasteiger partial charge in [0.05, 0.1) is 0 Å². The van der Waals surface area contributed by atoms with E-state index in [0.717, 1.165) is 19.3 Å². The van der Waals surface area contributed by atoms with Crippen LogP contribution in [0.2, 0.25) is 0 Å². The van der Waals surface area contributed by atoms with E-state index in [2.05, 4.69) is 6.92 Å². The topological polar surface area (TPSA) is 26.3 Å². The molecule has 0 heterocycles. The van der Waals surface area contributed by atoms with E-state index in [4.69, 9.17) is 4.74 Å². The number of rotatable bonds is 10.